The molecule has 0 bridgehead atoms. The molecule has 0 radical (unpaired) electrons. The van der Waals surface area contributed by atoms with Gasteiger partial charge in [0, 0.05) is 0 Å². The second kappa shape index (κ2) is 5.66. The van der Waals surface area contributed by atoms with Crippen molar-refractivity contribution in [3.63, 3.8) is 0 Å². The fourth-order valence-electron chi connectivity index (χ4n) is 1.50. The third-order valence-electron chi connectivity index (χ3n) is 2.74. The molecule has 1 heterocycles. The molecular weight excluding hydrogens is 220 g/mol. The molecule has 0 unspecified atom stereocenters. The largest absolute Gasteiger partial charge is 0.338 e. The topological polar surface area (TPSA) is 52.9 Å². The van der Waals surface area contributed by atoms with Gasteiger partial charge in [0.25, 0.3) is 0 Å². The first-order chi connectivity index (χ1) is 7.65. The summed E-state index contributed by atoms with van der Waals surface area (Å²) < 4.78 is 0. The van der Waals surface area contributed by atoms with Crippen molar-refractivity contribution in [2.45, 2.75) is 38.6 Å². The SMILES string of the molecule is CCC(C#N)(CC)NC(=O)Cc1ccsc1. The van der Waals surface area contributed by atoms with Gasteiger partial charge in [0.15, 0.2) is 0 Å². The maximum absolute atomic E-state index is 11.7. The monoisotopic (exact) mass is 236 g/mol. The summed E-state index contributed by atoms with van der Waals surface area (Å²) in [5.74, 6) is -0.0800. The molecule has 86 valence electrons. The van der Waals surface area contributed by atoms with E-state index in [0.29, 0.717) is 19.3 Å². The van der Waals surface area contributed by atoms with Gasteiger partial charge in [-0.2, -0.15) is 16.6 Å². The lowest BCUT2D eigenvalue weighted by molar-refractivity contribution is -0.121. The molecule has 0 aliphatic carbocycles. The van der Waals surface area contributed by atoms with Gasteiger partial charge in [-0.05, 0) is 35.2 Å². The van der Waals surface area contributed by atoms with Crippen LogP contribution in [-0.4, -0.2) is 11.4 Å². The summed E-state index contributed by atoms with van der Waals surface area (Å²) >= 11 is 1.57. The zero-order chi connectivity index (χ0) is 12.0. The Kier molecular flexibility index (Phi) is 4.51. The van der Waals surface area contributed by atoms with E-state index in [1.54, 1.807) is 11.3 Å². The lowest BCUT2D eigenvalue weighted by Gasteiger charge is -2.24. The van der Waals surface area contributed by atoms with Crippen LogP contribution < -0.4 is 5.32 Å². The zero-order valence-corrected chi connectivity index (χ0v) is 10.4. The highest BCUT2D eigenvalue weighted by Crippen LogP contribution is 2.14. The molecule has 0 aliphatic heterocycles. The molecule has 0 aliphatic rings. The molecule has 0 spiro atoms. The number of hydrogen-bond donors (Lipinski definition) is 1. The molecule has 1 N–H and O–H groups in total. The minimum absolute atomic E-state index is 0.0800. The van der Waals surface area contributed by atoms with Gasteiger partial charge in [-0.1, -0.05) is 13.8 Å². The summed E-state index contributed by atoms with van der Waals surface area (Å²) in [4.78, 5) is 11.7. The minimum atomic E-state index is -0.701. The van der Waals surface area contributed by atoms with Gasteiger partial charge in [0.1, 0.15) is 5.54 Å². The second-order valence-electron chi connectivity index (χ2n) is 3.76. The molecule has 1 amide bonds. The van der Waals surface area contributed by atoms with Gasteiger partial charge in [0.05, 0.1) is 12.5 Å². The van der Waals surface area contributed by atoms with Crippen molar-refractivity contribution >= 4 is 17.2 Å². The van der Waals surface area contributed by atoms with Crippen LogP contribution in [0.25, 0.3) is 0 Å². The summed E-state index contributed by atoms with van der Waals surface area (Å²) in [5.41, 5.74) is 0.300. The van der Waals surface area contributed by atoms with Gasteiger partial charge in [-0.15, -0.1) is 0 Å². The predicted molar refractivity (Wildman–Crippen MR) is 65.1 cm³/mol. The van der Waals surface area contributed by atoms with Crippen LogP contribution in [0.2, 0.25) is 0 Å². The maximum atomic E-state index is 11.7. The van der Waals surface area contributed by atoms with E-state index in [1.807, 2.05) is 30.7 Å². The van der Waals surface area contributed by atoms with Crippen molar-refractivity contribution in [3.05, 3.63) is 22.4 Å². The highest BCUT2D eigenvalue weighted by atomic mass is 32.1. The van der Waals surface area contributed by atoms with Crippen LogP contribution >= 0.6 is 11.3 Å². The first kappa shape index (κ1) is 12.7. The number of nitrogens with zero attached hydrogens (tertiary/aromatic N) is 1. The van der Waals surface area contributed by atoms with E-state index < -0.39 is 5.54 Å². The normalized spacial score (nSPS) is 10.8. The van der Waals surface area contributed by atoms with Crippen molar-refractivity contribution < 1.29 is 4.79 Å². The second-order valence-corrected chi connectivity index (χ2v) is 4.54. The number of hydrogen-bond acceptors (Lipinski definition) is 3. The van der Waals surface area contributed by atoms with Gasteiger partial charge < -0.3 is 5.32 Å². The Morgan fingerprint density at radius 3 is 2.69 bits per heavy atom. The van der Waals surface area contributed by atoms with Crippen LogP contribution in [0.4, 0.5) is 0 Å². The van der Waals surface area contributed by atoms with Crippen LogP contribution in [0.15, 0.2) is 16.8 Å². The molecule has 0 fully saturated rings. The Balaban J connectivity index is 2.60. The van der Waals surface area contributed by atoms with Crippen molar-refractivity contribution in [2.75, 3.05) is 0 Å². The van der Waals surface area contributed by atoms with Crippen LogP contribution in [0.5, 0.6) is 0 Å². The van der Waals surface area contributed by atoms with Gasteiger partial charge >= 0.3 is 0 Å². The van der Waals surface area contributed by atoms with Crippen molar-refractivity contribution in [1.29, 1.82) is 5.26 Å². The summed E-state index contributed by atoms with van der Waals surface area (Å²) in [5, 5.41) is 15.8. The zero-order valence-electron chi connectivity index (χ0n) is 9.62. The van der Waals surface area contributed by atoms with E-state index in [0.717, 1.165) is 5.56 Å². The molecule has 1 aromatic rings. The van der Waals surface area contributed by atoms with E-state index in [-0.39, 0.29) is 5.91 Å². The molecule has 16 heavy (non-hydrogen) atoms. The summed E-state index contributed by atoms with van der Waals surface area (Å²) in [7, 11) is 0. The average molecular weight is 236 g/mol. The third-order valence-corrected chi connectivity index (χ3v) is 3.48. The quantitative estimate of drug-likeness (QED) is 0.854. The van der Waals surface area contributed by atoms with Crippen LogP contribution in [-0.2, 0) is 11.2 Å². The molecule has 0 saturated heterocycles. The van der Waals surface area contributed by atoms with Crippen LogP contribution in [0.3, 0.4) is 0 Å². The van der Waals surface area contributed by atoms with E-state index in [9.17, 15) is 4.79 Å². The Labute approximate surface area is 100 Å². The van der Waals surface area contributed by atoms with Crippen molar-refractivity contribution in [3.8, 4) is 6.07 Å². The number of nitriles is 1. The first-order valence-electron chi connectivity index (χ1n) is 5.39. The lowest BCUT2D eigenvalue weighted by Crippen LogP contribution is -2.47. The van der Waals surface area contributed by atoms with Crippen LogP contribution in [0, 0.1) is 11.3 Å². The van der Waals surface area contributed by atoms with E-state index in [4.69, 9.17) is 5.26 Å². The van der Waals surface area contributed by atoms with Gasteiger partial charge in [-0.3, -0.25) is 4.79 Å². The number of nitrogens with one attached hydrogen (secondary N) is 1. The van der Waals surface area contributed by atoms with Crippen molar-refractivity contribution in [1.82, 2.24) is 5.32 Å². The molecule has 4 heteroatoms. The Morgan fingerprint density at radius 2 is 2.25 bits per heavy atom. The summed E-state index contributed by atoms with van der Waals surface area (Å²) in [6, 6.07) is 4.12. The summed E-state index contributed by atoms with van der Waals surface area (Å²) in [6.07, 6.45) is 1.62. The molecule has 0 atom stereocenters. The maximum Gasteiger partial charge on any atom is 0.225 e. The predicted octanol–water partition coefficient (Wildman–Crippen LogP) is 2.49. The molecule has 0 aromatic carbocycles. The summed E-state index contributed by atoms with van der Waals surface area (Å²) in [6.45, 7) is 3.83. The lowest BCUT2D eigenvalue weighted by atomic mass is 9.94. The number of thiophene rings is 1. The average Bonchev–Trinajstić information content (AvgIpc) is 2.79. The Hall–Kier alpha value is -1.34. The Morgan fingerprint density at radius 1 is 1.56 bits per heavy atom. The number of rotatable bonds is 5. The number of carbonyl (C=O) groups is 1. The number of amides is 1. The minimum Gasteiger partial charge on any atom is -0.338 e. The van der Waals surface area contributed by atoms with Gasteiger partial charge in [-0.25, -0.2) is 0 Å². The van der Waals surface area contributed by atoms with E-state index in [2.05, 4.69) is 11.4 Å². The fraction of sp³-hybridized carbons (Fsp3) is 0.500. The Bertz CT molecular complexity index is 374. The molecule has 0 saturated carbocycles. The number of carbonyl (C=O) groups excluding carboxylic acids is 1. The van der Waals surface area contributed by atoms with E-state index >= 15 is 0 Å². The third kappa shape index (κ3) is 3.07. The standard InChI is InChI=1S/C12H16N2OS/c1-3-12(4-2,9-13)14-11(15)7-10-5-6-16-8-10/h5-6,8H,3-4,7H2,1-2H3,(H,14,15). The van der Waals surface area contributed by atoms with E-state index in [1.165, 1.54) is 0 Å². The smallest absolute Gasteiger partial charge is 0.225 e. The highest BCUT2D eigenvalue weighted by Gasteiger charge is 2.27. The first-order valence-corrected chi connectivity index (χ1v) is 6.33. The fourth-order valence-corrected chi connectivity index (χ4v) is 2.17. The highest BCUT2D eigenvalue weighted by molar-refractivity contribution is 7.07. The molecular formula is C12H16N2OS. The van der Waals surface area contributed by atoms with Crippen molar-refractivity contribution in [2.24, 2.45) is 0 Å². The van der Waals surface area contributed by atoms with Crippen LogP contribution in [0.1, 0.15) is 32.3 Å². The molecule has 1 rings (SSSR count). The molecule has 3 nitrogen and oxygen atoms in total. The molecule has 1 aromatic heterocycles. The van der Waals surface area contributed by atoms with Gasteiger partial charge in [0.2, 0.25) is 5.91 Å².